The summed E-state index contributed by atoms with van der Waals surface area (Å²) < 4.78 is 37.9. The minimum absolute atomic E-state index is 0.106. The van der Waals surface area contributed by atoms with Crippen LogP contribution in [0.25, 0.3) is 0 Å². The Kier molecular flexibility index (Phi) is 5.40. The Balaban J connectivity index is 2.52. The summed E-state index contributed by atoms with van der Waals surface area (Å²) in [6, 6.07) is 2.31. The molecule has 1 rings (SSSR count). The molecule has 1 unspecified atom stereocenters. The van der Waals surface area contributed by atoms with Gasteiger partial charge in [0.15, 0.2) is 0 Å². The lowest BCUT2D eigenvalue weighted by Crippen LogP contribution is -2.15. The molecule has 0 radical (unpaired) electrons. The number of alkyl halides is 3. The number of halogens is 3. The standard InChI is InChI=1S/C12H18F3N3/c1-9(8-16)4-2-6-17-11-10(12(13,14)15)5-3-7-18-11/h3,5,7,9H,2,4,6,8,16H2,1H3,(H,17,18). The van der Waals surface area contributed by atoms with Gasteiger partial charge in [0, 0.05) is 12.7 Å². The van der Waals surface area contributed by atoms with Crippen molar-refractivity contribution in [3.63, 3.8) is 0 Å². The van der Waals surface area contributed by atoms with E-state index in [4.69, 9.17) is 5.73 Å². The van der Waals surface area contributed by atoms with Crippen LogP contribution in [0.3, 0.4) is 0 Å². The summed E-state index contributed by atoms with van der Waals surface area (Å²) in [5.74, 6) is 0.281. The number of aromatic nitrogens is 1. The first-order valence-electron chi connectivity index (χ1n) is 5.91. The van der Waals surface area contributed by atoms with Crippen molar-refractivity contribution in [3.05, 3.63) is 23.9 Å². The molecule has 102 valence electrons. The molecule has 0 fully saturated rings. The van der Waals surface area contributed by atoms with Gasteiger partial charge in [-0.05, 0) is 37.4 Å². The van der Waals surface area contributed by atoms with Crippen LogP contribution in [-0.2, 0) is 6.18 Å². The molecule has 0 saturated heterocycles. The Morgan fingerprint density at radius 1 is 1.44 bits per heavy atom. The number of anilines is 1. The molecule has 0 aliphatic carbocycles. The monoisotopic (exact) mass is 261 g/mol. The Bertz CT molecular complexity index is 366. The van der Waals surface area contributed by atoms with Crippen molar-refractivity contribution in [2.75, 3.05) is 18.4 Å². The Hall–Kier alpha value is -1.30. The summed E-state index contributed by atoms with van der Waals surface area (Å²) in [4.78, 5) is 3.73. The predicted molar refractivity (Wildman–Crippen MR) is 65.2 cm³/mol. The maximum absolute atomic E-state index is 12.6. The fourth-order valence-corrected chi connectivity index (χ4v) is 1.55. The smallest absolute Gasteiger partial charge is 0.370 e. The number of hydrogen-bond donors (Lipinski definition) is 2. The molecule has 0 saturated carbocycles. The summed E-state index contributed by atoms with van der Waals surface area (Å²) in [6.07, 6.45) is -1.37. The molecule has 0 aliphatic heterocycles. The minimum Gasteiger partial charge on any atom is -0.370 e. The SMILES string of the molecule is CC(CN)CCCNc1ncccc1C(F)(F)F. The van der Waals surface area contributed by atoms with Crippen LogP contribution in [0.4, 0.5) is 19.0 Å². The third-order valence-electron chi connectivity index (χ3n) is 2.68. The molecule has 3 nitrogen and oxygen atoms in total. The van der Waals surface area contributed by atoms with Crippen LogP contribution in [0.15, 0.2) is 18.3 Å². The van der Waals surface area contributed by atoms with Crippen LogP contribution < -0.4 is 11.1 Å². The number of nitrogens with zero attached hydrogens (tertiary/aromatic N) is 1. The molecule has 0 aliphatic rings. The Morgan fingerprint density at radius 3 is 2.78 bits per heavy atom. The fraction of sp³-hybridized carbons (Fsp3) is 0.583. The van der Waals surface area contributed by atoms with E-state index >= 15 is 0 Å². The molecule has 1 atom stereocenters. The summed E-state index contributed by atoms with van der Waals surface area (Å²) in [6.45, 7) is 3.07. The molecule has 3 N–H and O–H groups in total. The largest absolute Gasteiger partial charge is 0.419 e. The van der Waals surface area contributed by atoms with Gasteiger partial charge in [-0.3, -0.25) is 0 Å². The average molecular weight is 261 g/mol. The van der Waals surface area contributed by atoms with Crippen LogP contribution in [0.1, 0.15) is 25.3 Å². The zero-order valence-corrected chi connectivity index (χ0v) is 10.3. The van der Waals surface area contributed by atoms with Gasteiger partial charge in [0.1, 0.15) is 5.82 Å². The highest BCUT2D eigenvalue weighted by molar-refractivity contribution is 5.45. The van der Waals surface area contributed by atoms with Gasteiger partial charge < -0.3 is 11.1 Å². The number of nitrogens with one attached hydrogen (secondary N) is 1. The highest BCUT2D eigenvalue weighted by Gasteiger charge is 2.33. The van der Waals surface area contributed by atoms with Crippen molar-refractivity contribution in [2.45, 2.75) is 25.9 Å². The van der Waals surface area contributed by atoms with E-state index in [9.17, 15) is 13.2 Å². The van der Waals surface area contributed by atoms with Crippen LogP contribution in [0.2, 0.25) is 0 Å². The third kappa shape index (κ3) is 4.52. The van der Waals surface area contributed by atoms with Crippen molar-refractivity contribution in [1.82, 2.24) is 4.98 Å². The minimum atomic E-state index is -4.37. The van der Waals surface area contributed by atoms with Gasteiger partial charge in [0.25, 0.3) is 0 Å². The highest BCUT2D eigenvalue weighted by atomic mass is 19.4. The molecular weight excluding hydrogens is 243 g/mol. The predicted octanol–water partition coefficient (Wildman–Crippen LogP) is 2.89. The Labute approximate surface area is 105 Å². The van der Waals surface area contributed by atoms with Gasteiger partial charge in [0.05, 0.1) is 5.56 Å². The summed E-state index contributed by atoms with van der Waals surface area (Å²) >= 11 is 0. The molecule has 0 amide bonds. The van der Waals surface area contributed by atoms with Gasteiger partial charge in [0.2, 0.25) is 0 Å². The summed E-state index contributed by atoms with van der Waals surface area (Å²) in [5, 5.41) is 2.73. The normalized spacial score (nSPS) is 13.4. The Morgan fingerprint density at radius 2 is 2.17 bits per heavy atom. The van der Waals surface area contributed by atoms with Crippen LogP contribution >= 0.6 is 0 Å². The van der Waals surface area contributed by atoms with Crippen molar-refractivity contribution in [1.29, 1.82) is 0 Å². The number of hydrogen-bond acceptors (Lipinski definition) is 3. The van der Waals surface area contributed by atoms with E-state index in [2.05, 4.69) is 10.3 Å². The van der Waals surface area contributed by atoms with Crippen molar-refractivity contribution in [3.8, 4) is 0 Å². The molecular formula is C12H18F3N3. The molecule has 0 bridgehead atoms. The highest BCUT2D eigenvalue weighted by Crippen LogP contribution is 2.33. The molecule has 1 heterocycles. The fourth-order valence-electron chi connectivity index (χ4n) is 1.55. The first-order chi connectivity index (χ1) is 8.45. The van der Waals surface area contributed by atoms with E-state index in [1.807, 2.05) is 6.92 Å². The molecule has 1 aromatic heterocycles. The van der Waals surface area contributed by atoms with Crippen LogP contribution in [0, 0.1) is 5.92 Å². The second kappa shape index (κ2) is 6.58. The number of rotatable bonds is 6. The van der Waals surface area contributed by atoms with E-state index < -0.39 is 11.7 Å². The third-order valence-corrected chi connectivity index (χ3v) is 2.68. The van der Waals surface area contributed by atoms with Gasteiger partial charge in [-0.2, -0.15) is 13.2 Å². The average Bonchev–Trinajstić information content (AvgIpc) is 2.33. The maximum atomic E-state index is 12.6. The van der Waals surface area contributed by atoms with E-state index in [1.165, 1.54) is 12.3 Å². The second-order valence-corrected chi connectivity index (χ2v) is 4.31. The lowest BCUT2D eigenvalue weighted by molar-refractivity contribution is -0.137. The van der Waals surface area contributed by atoms with Gasteiger partial charge in [-0.15, -0.1) is 0 Å². The molecule has 0 spiro atoms. The lowest BCUT2D eigenvalue weighted by atomic mass is 10.1. The molecule has 18 heavy (non-hydrogen) atoms. The van der Waals surface area contributed by atoms with Crippen molar-refractivity contribution in [2.24, 2.45) is 11.7 Å². The van der Waals surface area contributed by atoms with Crippen LogP contribution in [0.5, 0.6) is 0 Å². The van der Waals surface area contributed by atoms with Gasteiger partial charge in [-0.25, -0.2) is 4.98 Å². The first-order valence-corrected chi connectivity index (χ1v) is 5.91. The summed E-state index contributed by atoms with van der Waals surface area (Å²) in [5.41, 5.74) is 4.74. The van der Waals surface area contributed by atoms with E-state index in [0.29, 0.717) is 19.0 Å². The van der Waals surface area contributed by atoms with Crippen LogP contribution in [-0.4, -0.2) is 18.1 Å². The topological polar surface area (TPSA) is 50.9 Å². The first kappa shape index (κ1) is 14.8. The van der Waals surface area contributed by atoms with Gasteiger partial charge in [-0.1, -0.05) is 6.92 Å². The number of pyridine rings is 1. The quantitative estimate of drug-likeness (QED) is 0.774. The second-order valence-electron chi connectivity index (χ2n) is 4.31. The van der Waals surface area contributed by atoms with Crippen molar-refractivity contribution >= 4 is 5.82 Å². The molecule has 0 aromatic carbocycles. The molecule has 1 aromatic rings. The van der Waals surface area contributed by atoms with Gasteiger partial charge >= 0.3 is 6.18 Å². The summed E-state index contributed by atoms with van der Waals surface area (Å²) in [7, 11) is 0. The van der Waals surface area contributed by atoms with E-state index in [-0.39, 0.29) is 5.82 Å². The zero-order chi connectivity index (χ0) is 13.6. The molecule has 6 heteroatoms. The lowest BCUT2D eigenvalue weighted by Gasteiger charge is -2.13. The van der Waals surface area contributed by atoms with Crippen molar-refractivity contribution < 1.29 is 13.2 Å². The van der Waals surface area contributed by atoms with E-state index in [0.717, 1.165) is 18.9 Å². The number of nitrogens with two attached hydrogens (primary N) is 1. The van der Waals surface area contributed by atoms with E-state index in [1.54, 1.807) is 0 Å². The zero-order valence-electron chi connectivity index (χ0n) is 10.3. The maximum Gasteiger partial charge on any atom is 0.419 e.